The number of hydrogen-bond acceptors (Lipinski definition) is 1. The summed E-state index contributed by atoms with van der Waals surface area (Å²) < 4.78 is 1.02. The summed E-state index contributed by atoms with van der Waals surface area (Å²) >= 11 is 3.25. The zero-order valence-electron chi connectivity index (χ0n) is 4.48. The summed E-state index contributed by atoms with van der Waals surface area (Å²) in [6.45, 7) is 1.95. The molecule has 0 amide bonds. The van der Waals surface area contributed by atoms with Crippen LogP contribution >= 0.6 is 15.9 Å². The number of aliphatic imine (C=N–C) groups is 1. The number of allylic oxidation sites excluding steroid dienone is 2. The van der Waals surface area contributed by atoms with Gasteiger partial charge >= 0.3 is 0 Å². The number of rotatable bonds is 1. The summed E-state index contributed by atoms with van der Waals surface area (Å²) in [6, 6.07) is 0. The Morgan fingerprint density at radius 1 is 1.71 bits per heavy atom. The van der Waals surface area contributed by atoms with E-state index in [0.717, 1.165) is 4.48 Å². The molecule has 0 N–H and O–H groups in total. The van der Waals surface area contributed by atoms with Crippen molar-refractivity contribution < 1.29 is 0 Å². The molecule has 2 heteroatoms. The Morgan fingerprint density at radius 2 is 2.29 bits per heavy atom. The minimum atomic E-state index is 1.02. The van der Waals surface area contributed by atoms with Gasteiger partial charge < -0.3 is 0 Å². The van der Waals surface area contributed by atoms with Gasteiger partial charge in [-0.25, -0.2) is 0 Å². The minimum Gasteiger partial charge on any atom is -0.295 e. The summed E-state index contributed by atoms with van der Waals surface area (Å²) in [5.41, 5.74) is 0. The van der Waals surface area contributed by atoms with Crippen LogP contribution in [0, 0.1) is 0 Å². The van der Waals surface area contributed by atoms with Gasteiger partial charge in [0.1, 0.15) is 0 Å². The molecule has 0 aromatic rings. The van der Waals surface area contributed by atoms with E-state index >= 15 is 0 Å². The normalized spacial score (nSPS) is 13.3. The van der Waals surface area contributed by atoms with Gasteiger partial charge in [-0.3, -0.25) is 4.99 Å². The summed E-state index contributed by atoms with van der Waals surface area (Å²) in [6.07, 6.45) is 3.69. The molecule has 0 saturated heterocycles. The van der Waals surface area contributed by atoms with Crippen LogP contribution in [0.4, 0.5) is 0 Å². The first-order valence-corrected chi connectivity index (χ1v) is 2.84. The summed E-state index contributed by atoms with van der Waals surface area (Å²) in [5.74, 6) is 0. The van der Waals surface area contributed by atoms with Crippen LogP contribution in [-0.4, -0.2) is 13.3 Å². The summed E-state index contributed by atoms with van der Waals surface area (Å²) in [4.78, 5) is 3.77. The third-order valence-corrected chi connectivity index (χ3v) is 1.19. The SMILES string of the molecule is C/C=C(Br)\C=N/C. The van der Waals surface area contributed by atoms with Gasteiger partial charge in [0.2, 0.25) is 0 Å². The fraction of sp³-hybridized carbons (Fsp3) is 0.400. The summed E-state index contributed by atoms with van der Waals surface area (Å²) in [5, 5.41) is 0. The Labute approximate surface area is 52.3 Å². The Hall–Kier alpha value is -0.110. The third kappa shape index (κ3) is 3.73. The Balaban J connectivity index is 3.58. The lowest BCUT2D eigenvalue weighted by molar-refractivity contribution is 1.47. The Kier molecular flexibility index (Phi) is 4.00. The van der Waals surface area contributed by atoms with Gasteiger partial charge in [-0.05, 0) is 22.9 Å². The van der Waals surface area contributed by atoms with Crippen LogP contribution in [0.1, 0.15) is 6.92 Å². The molecule has 1 nitrogen and oxygen atoms in total. The average molecular weight is 162 g/mol. The van der Waals surface area contributed by atoms with Crippen LogP contribution in [-0.2, 0) is 0 Å². The van der Waals surface area contributed by atoms with Crippen molar-refractivity contribution in [1.82, 2.24) is 0 Å². The van der Waals surface area contributed by atoms with Crippen LogP contribution in [0.2, 0.25) is 0 Å². The number of nitrogens with zero attached hydrogens (tertiary/aromatic N) is 1. The lowest BCUT2D eigenvalue weighted by Crippen LogP contribution is -1.67. The molecule has 0 fully saturated rings. The highest BCUT2D eigenvalue weighted by molar-refractivity contribution is 9.12. The van der Waals surface area contributed by atoms with E-state index < -0.39 is 0 Å². The van der Waals surface area contributed by atoms with E-state index in [1.165, 1.54) is 0 Å². The quantitative estimate of drug-likeness (QED) is 0.522. The van der Waals surface area contributed by atoms with Gasteiger partial charge in [-0.15, -0.1) is 0 Å². The number of halogens is 1. The molecule has 0 aliphatic carbocycles. The van der Waals surface area contributed by atoms with Crippen molar-refractivity contribution in [2.75, 3.05) is 7.05 Å². The van der Waals surface area contributed by atoms with E-state index in [4.69, 9.17) is 0 Å². The number of hydrogen-bond donors (Lipinski definition) is 0. The predicted molar refractivity (Wildman–Crippen MR) is 37.1 cm³/mol. The predicted octanol–water partition coefficient (Wildman–Crippen LogP) is 1.99. The van der Waals surface area contributed by atoms with E-state index in [1.807, 2.05) is 13.0 Å². The third-order valence-electron chi connectivity index (χ3n) is 0.528. The van der Waals surface area contributed by atoms with Crippen LogP contribution in [0.5, 0.6) is 0 Å². The molecule has 0 atom stereocenters. The van der Waals surface area contributed by atoms with Crippen LogP contribution < -0.4 is 0 Å². The molecule has 0 saturated carbocycles. The monoisotopic (exact) mass is 161 g/mol. The van der Waals surface area contributed by atoms with Gasteiger partial charge in [0.05, 0.1) is 0 Å². The summed E-state index contributed by atoms with van der Waals surface area (Å²) in [7, 11) is 1.74. The van der Waals surface area contributed by atoms with Crippen LogP contribution in [0.3, 0.4) is 0 Å². The van der Waals surface area contributed by atoms with Gasteiger partial charge in [-0.1, -0.05) is 6.08 Å². The smallest absolute Gasteiger partial charge is 0.0347 e. The molecule has 7 heavy (non-hydrogen) atoms. The van der Waals surface area contributed by atoms with Crippen molar-refractivity contribution in [3.8, 4) is 0 Å². The van der Waals surface area contributed by atoms with E-state index in [0.29, 0.717) is 0 Å². The Bertz CT molecular complexity index is 94.3. The van der Waals surface area contributed by atoms with E-state index in [9.17, 15) is 0 Å². The van der Waals surface area contributed by atoms with Gasteiger partial charge in [-0.2, -0.15) is 0 Å². The van der Waals surface area contributed by atoms with Crippen molar-refractivity contribution in [3.05, 3.63) is 10.6 Å². The molecule has 0 unspecified atom stereocenters. The molecule has 0 spiro atoms. The second-order valence-corrected chi connectivity index (χ2v) is 1.98. The highest BCUT2D eigenvalue weighted by Crippen LogP contribution is 1.97. The second-order valence-electron chi connectivity index (χ2n) is 1.06. The van der Waals surface area contributed by atoms with Gasteiger partial charge in [0, 0.05) is 17.7 Å². The van der Waals surface area contributed by atoms with Crippen LogP contribution in [0.15, 0.2) is 15.6 Å². The first-order chi connectivity index (χ1) is 3.31. The van der Waals surface area contributed by atoms with Crippen LogP contribution in [0.25, 0.3) is 0 Å². The largest absolute Gasteiger partial charge is 0.295 e. The topological polar surface area (TPSA) is 12.4 Å². The molecule has 0 aromatic carbocycles. The van der Waals surface area contributed by atoms with Crippen molar-refractivity contribution >= 4 is 22.1 Å². The molecule has 40 valence electrons. The standard InChI is InChI=1S/C5H8BrN/c1-3-5(6)4-7-2/h3-4H,1-2H3/b5-3+,7-4-. The molecule has 0 bridgehead atoms. The molecule has 0 aliphatic heterocycles. The molecular weight excluding hydrogens is 154 g/mol. The highest BCUT2D eigenvalue weighted by Gasteiger charge is 1.74. The Morgan fingerprint density at radius 3 is 2.43 bits per heavy atom. The van der Waals surface area contributed by atoms with E-state index in [2.05, 4.69) is 20.9 Å². The van der Waals surface area contributed by atoms with E-state index in [-0.39, 0.29) is 0 Å². The maximum absolute atomic E-state index is 3.77. The molecule has 0 aliphatic rings. The van der Waals surface area contributed by atoms with Crippen molar-refractivity contribution in [2.24, 2.45) is 4.99 Å². The highest BCUT2D eigenvalue weighted by atomic mass is 79.9. The van der Waals surface area contributed by atoms with Crippen molar-refractivity contribution in [2.45, 2.75) is 6.92 Å². The lowest BCUT2D eigenvalue weighted by atomic mass is 10.6. The minimum absolute atomic E-state index is 1.02. The zero-order chi connectivity index (χ0) is 5.70. The first kappa shape index (κ1) is 6.89. The molecule has 0 radical (unpaired) electrons. The lowest BCUT2D eigenvalue weighted by Gasteiger charge is -1.78. The maximum Gasteiger partial charge on any atom is 0.0347 e. The zero-order valence-corrected chi connectivity index (χ0v) is 6.07. The maximum atomic E-state index is 3.77. The fourth-order valence-electron chi connectivity index (χ4n) is 0.198. The molecular formula is C5H8BrN. The second kappa shape index (κ2) is 4.06. The van der Waals surface area contributed by atoms with E-state index in [1.54, 1.807) is 13.3 Å². The molecule has 0 heterocycles. The fourth-order valence-corrected chi connectivity index (χ4v) is 0.403. The molecule has 0 rings (SSSR count). The first-order valence-electron chi connectivity index (χ1n) is 2.05. The molecule has 0 aromatic heterocycles. The van der Waals surface area contributed by atoms with Crippen molar-refractivity contribution in [1.29, 1.82) is 0 Å². The van der Waals surface area contributed by atoms with Crippen molar-refractivity contribution in [3.63, 3.8) is 0 Å². The van der Waals surface area contributed by atoms with Gasteiger partial charge in [0.15, 0.2) is 0 Å². The average Bonchev–Trinajstić information content (AvgIpc) is 1.68. The van der Waals surface area contributed by atoms with Gasteiger partial charge in [0.25, 0.3) is 0 Å².